The second-order valence-corrected chi connectivity index (χ2v) is 9.88. The first kappa shape index (κ1) is 18.3. The molecule has 5 nitrogen and oxygen atoms in total. The summed E-state index contributed by atoms with van der Waals surface area (Å²) >= 11 is 2.33. The first-order valence-corrected chi connectivity index (χ1v) is 11.5. The van der Waals surface area contributed by atoms with Crippen LogP contribution < -0.4 is 16.2 Å². The van der Waals surface area contributed by atoms with Gasteiger partial charge >= 0.3 is 0 Å². The van der Waals surface area contributed by atoms with E-state index >= 15 is 0 Å². The molecule has 2 heterocycles. The predicted octanol–water partition coefficient (Wildman–Crippen LogP) is 2.01. The molecular formula is C18H19IN4OP+. The van der Waals surface area contributed by atoms with Gasteiger partial charge in [-0.15, -0.1) is 0 Å². The SMILES string of the molecule is [123I]CCOCC[P+](c1ccccc1)(c1ccncn1)c1ccncn1. The summed E-state index contributed by atoms with van der Waals surface area (Å²) in [6.07, 6.45) is 7.67. The Morgan fingerprint density at radius 2 is 1.48 bits per heavy atom. The van der Waals surface area contributed by atoms with Crippen molar-refractivity contribution in [2.45, 2.75) is 0 Å². The maximum atomic E-state index is 5.84. The van der Waals surface area contributed by atoms with Crippen LogP contribution in [0.4, 0.5) is 0 Å². The molecule has 1 aromatic carbocycles. The monoisotopic (exact) mass is 461 g/mol. The third kappa shape index (κ3) is 4.19. The largest absolute Gasteiger partial charge is 0.377 e. The number of alkyl halides is 1. The molecule has 0 N–H and O–H groups in total. The second kappa shape index (κ2) is 9.27. The lowest BCUT2D eigenvalue weighted by Crippen LogP contribution is -2.37. The van der Waals surface area contributed by atoms with Gasteiger partial charge in [0.05, 0.1) is 13.2 Å². The van der Waals surface area contributed by atoms with Crippen LogP contribution in [-0.4, -0.2) is 43.7 Å². The van der Waals surface area contributed by atoms with Crippen molar-refractivity contribution in [1.29, 1.82) is 0 Å². The Labute approximate surface area is 161 Å². The standard InChI is InChI=1S/C18H19IN4OP/c19-8-11-24-12-13-25(16-4-2-1-3-5-16,17-6-9-20-14-22-17)18-7-10-21-15-23-18/h1-7,9-10,14-15H,8,11-13H2/q+1/i19-4. The fourth-order valence-corrected chi connectivity index (χ4v) is 6.82. The van der Waals surface area contributed by atoms with Crippen molar-refractivity contribution in [1.82, 2.24) is 19.9 Å². The molecule has 0 aliphatic heterocycles. The molecule has 0 bridgehead atoms. The van der Waals surface area contributed by atoms with Crippen molar-refractivity contribution >= 4 is 46.0 Å². The van der Waals surface area contributed by atoms with Crippen molar-refractivity contribution in [3.05, 3.63) is 67.5 Å². The van der Waals surface area contributed by atoms with Crippen LogP contribution in [0.15, 0.2) is 67.5 Å². The van der Waals surface area contributed by atoms with Gasteiger partial charge in [0.15, 0.2) is 18.1 Å². The van der Waals surface area contributed by atoms with E-state index in [1.165, 1.54) is 5.30 Å². The van der Waals surface area contributed by atoms with Crippen LogP contribution in [0.25, 0.3) is 0 Å². The summed E-state index contributed by atoms with van der Waals surface area (Å²) in [5.74, 6) is 0. The van der Waals surface area contributed by atoms with Gasteiger partial charge in [-0.3, -0.25) is 0 Å². The van der Waals surface area contributed by atoms with Gasteiger partial charge in [-0.1, -0.05) is 40.8 Å². The molecule has 3 rings (SSSR count). The molecule has 0 atom stereocenters. The lowest BCUT2D eigenvalue weighted by Gasteiger charge is -2.24. The fraction of sp³-hybridized carbons (Fsp3) is 0.222. The van der Waals surface area contributed by atoms with Crippen LogP contribution in [0.5, 0.6) is 0 Å². The molecule has 0 amide bonds. The molecule has 0 aliphatic rings. The number of halogens is 1. The van der Waals surface area contributed by atoms with Crippen molar-refractivity contribution < 1.29 is 4.74 Å². The summed E-state index contributed by atoms with van der Waals surface area (Å²) in [6, 6.07) is 14.5. The summed E-state index contributed by atoms with van der Waals surface area (Å²) in [5, 5.41) is 1.24. The second-order valence-electron chi connectivity index (χ2n) is 5.31. The first-order valence-electron chi connectivity index (χ1n) is 7.98. The van der Waals surface area contributed by atoms with E-state index in [2.05, 4.69) is 66.8 Å². The number of benzene rings is 1. The molecule has 7 heteroatoms. The maximum absolute atomic E-state index is 5.84. The predicted molar refractivity (Wildman–Crippen MR) is 111 cm³/mol. The Balaban J connectivity index is 2.13. The van der Waals surface area contributed by atoms with Gasteiger partial charge in [-0.05, 0) is 12.1 Å². The van der Waals surface area contributed by atoms with E-state index in [4.69, 9.17) is 4.74 Å². The van der Waals surface area contributed by atoms with E-state index in [9.17, 15) is 0 Å². The van der Waals surface area contributed by atoms with Gasteiger partial charge in [0.1, 0.15) is 24.1 Å². The average Bonchev–Trinajstić information content (AvgIpc) is 2.70. The van der Waals surface area contributed by atoms with E-state index < -0.39 is 7.26 Å². The average molecular weight is 461 g/mol. The summed E-state index contributed by atoms with van der Waals surface area (Å²) in [4.78, 5) is 17.4. The molecule has 0 aliphatic carbocycles. The number of hydrogen-bond donors (Lipinski definition) is 0. The van der Waals surface area contributed by atoms with Crippen LogP contribution in [-0.2, 0) is 4.74 Å². The van der Waals surface area contributed by atoms with Gasteiger partial charge in [0, 0.05) is 29.0 Å². The molecule has 0 saturated carbocycles. The molecule has 3 aromatic rings. The Bertz CT molecular complexity index is 665. The van der Waals surface area contributed by atoms with Crippen LogP contribution in [0.1, 0.15) is 0 Å². The zero-order valence-electron chi connectivity index (χ0n) is 13.7. The molecule has 0 radical (unpaired) electrons. The van der Waals surface area contributed by atoms with Crippen LogP contribution >= 0.6 is 29.9 Å². The number of aromatic nitrogens is 4. The lowest BCUT2D eigenvalue weighted by molar-refractivity contribution is 0.168. The summed E-state index contributed by atoms with van der Waals surface area (Å²) in [6.45, 7) is 1.42. The Morgan fingerprint density at radius 3 is 2.00 bits per heavy atom. The Kier molecular flexibility index (Phi) is 6.78. The minimum absolute atomic E-state index is 0.666. The van der Waals surface area contributed by atoms with E-state index in [0.717, 1.165) is 28.1 Å². The smallest absolute Gasteiger partial charge is 0.197 e. The highest BCUT2D eigenvalue weighted by Gasteiger charge is 2.48. The van der Waals surface area contributed by atoms with E-state index in [1.807, 2.05) is 18.2 Å². The number of hydrogen-bond acceptors (Lipinski definition) is 5. The Hall–Kier alpha value is -1.50. The third-order valence-corrected chi connectivity index (χ3v) is 8.47. The maximum Gasteiger partial charge on any atom is 0.197 e. The zero-order valence-corrected chi connectivity index (χ0v) is 16.8. The minimum Gasteiger partial charge on any atom is -0.377 e. The summed E-state index contributed by atoms with van der Waals surface area (Å²) < 4.78 is 6.82. The highest BCUT2D eigenvalue weighted by atomic mass is 123. The highest BCUT2D eigenvalue weighted by Crippen LogP contribution is 2.53. The number of nitrogens with zero attached hydrogens (tertiary/aromatic N) is 4. The van der Waals surface area contributed by atoms with Crippen molar-refractivity contribution in [3.8, 4) is 0 Å². The fourth-order valence-electron chi connectivity index (χ4n) is 2.80. The molecule has 0 spiro atoms. The number of ether oxygens (including phenoxy) is 1. The topological polar surface area (TPSA) is 60.8 Å². The molecule has 128 valence electrons. The van der Waals surface area contributed by atoms with Crippen molar-refractivity contribution in [3.63, 3.8) is 0 Å². The van der Waals surface area contributed by atoms with Gasteiger partial charge < -0.3 is 4.74 Å². The highest BCUT2D eigenvalue weighted by molar-refractivity contribution is 14.1. The van der Waals surface area contributed by atoms with Gasteiger partial charge in [-0.2, -0.15) is 0 Å². The normalized spacial score (nSPS) is 11.4. The van der Waals surface area contributed by atoms with Gasteiger partial charge in [-0.25, -0.2) is 19.9 Å². The number of rotatable bonds is 8. The van der Waals surface area contributed by atoms with Gasteiger partial charge in [0.25, 0.3) is 0 Å². The Morgan fingerprint density at radius 1 is 0.840 bits per heavy atom. The summed E-state index contributed by atoms with van der Waals surface area (Å²) in [5.41, 5.74) is 2.04. The lowest BCUT2D eigenvalue weighted by atomic mass is 10.4. The quantitative estimate of drug-likeness (QED) is 0.222. The van der Waals surface area contributed by atoms with Crippen LogP contribution in [0.3, 0.4) is 0 Å². The molecule has 25 heavy (non-hydrogen) atoms. The summed E-state index contributed by atoms with van der Waals surface area (Å²) in [7, 11) is -2.02. The van der Waals surface area contributed by atoms with Crippen molar-refractivity contribution in [2.24, 2.45) is 0 Å². The van der Waals surface area contributed by atoms with Gasteiger partial charge in [0.2, 0.25) is 0 Å². The molecule has 0 fully saturated rings. The minimum atomic E-state index is -2.02. The third-order valence-electron chi connectivity index (χ3n) is 3.90. The molecule has 0 saturated heterocycles. The van der Waals surface area contributed by atoms with E-state index in [0.29, 0.717) is 6.61 Å². The molecule has 2 aromatic heterocycles. The zero-order chi connectivity index (χ0) is 17.4. The van der Waals surface area contributed by atoms with E-state index in [-0.39, 0.29) is 0 Å². The van der Waals surface area contributed by atoms with Crippen LogP contribution in [0.2, 0.25) is 0 Å². The molecular weight excluding hydrogens is 442 g/mol. The van der Waals surface area contributed by atoms with E-state index in [1.54, 1.807) is 25.0 Å². The van der Waals surface area contributed by atoms with Crippen LogP contribution in [0, 0.1) is 0 Å². The first-order chi connectivity index (χ1) is 12.4. The molecule has 0 unspecified atom stereocenters. The van der Waals surface area contributed by atoms with Crippen molar-refractivity contribution in [2.75, 3.05) is 23.8 Å².